The van der Waals surface area contributed by atoms with Crippen molar-refractivity contribution in [2.45, 2.75) is 13.5 Å². The van der Waals surface area contributed by atoms with Gasteiger partial charge in [0.2, 0.25) is 0 Å². The highest BCUT2D eigenvalue weighted by atomic mass is 79.9. The van der Waals surface area contributed by atoms with Crippen LogP contribution in [0.5, 0.6) is 5.75 Å². The highest BCUT2D eigenvalue weighted by molar-refractivity contribution is 9.11. The molecule has 104 valence electrons. The summed E-state index contributed by atoms with van der Waals surface area (Å²) in [5, 5.41) is 10.9. The minimum Gasteiger partial charge on any atom is -0.488 e. The zero-order valence-corrected chi connectivity index (χ0v) is 13.8. The minimum atomic E-state index is -0.421. The van der Waals surface area contributed by atoms with Gasteiger partial charge in [-0.3, -0.25) is 10.1 Å². The summed E-state index contributed by atoms with van der Waals surface area (Å²) in [5.74, 6) is 0.709. The molecule has 0 unspecified atom stereocenters. The summed E-state index contributed by atoms with van der Waals surface area (Å²) in [6.45, 7) is 2.27. The molecule has 0 N–H and O–H groups in total. The molecular weight excluding hydrogens is 390 g/mol. The number of aryl methyl sites for hydroxylation is 1. The minimum absolute atomic E-state index is 0.0362. The molecule has 0 aliphatic rings. The molecular formula is C14H11Br2NO3. The van der Waals surface area contributed by atoms with Crippen LogP contribution in [-0.4, -0.2) is 4.92 Å². The van der Waals surface area contributed by atoms with Crippen molar-refractivity contribution in [1.82, 2.24) is 0 Å². The van der Waals surface area contributed by atoms with Crippen molar-refractivity contribution in [2.24, 2.45) is 0 Å². The fourth-order valence-electron chi connectivity index (χ4n) is 1.67. The van der Waals surface area contributed by atoms with E-state index in [0.29, 0.717) is 10.2 Å². The van der Waals surface area contributed by atoms with Crippen molar-refractivity contribution in [2.75, 3.05) is 0 Å². The van der Waals surface area contributed by atoms with Crippen LogP contribution in [0.25, 0.3) is 0 Å². The van der Waals surface area contributed by atoms with Crippen LogP contribution in [0.2, 0.25) is 0 Å². The maximum Gasteiger partial charge on any atom is 0.283 e. The number of hydrogen-bond donors (Lipinski definition) is 0. The monoisotopic (exact) mass is 399 g/mol. The van der Waals surface area contributed by atoms with Gasteiger partial charge >= 0.3 is 0 Å². The second-order valence-corrected chi connectivity index (χ2v) is 5.97. The zero-order chi connectivity index (χ0) is 14.7. The largest absolute Gasteiger partial charge is 0.488 e. The molecule has 20 heavy (non-hydrogen) atoms. The van der Waals surface area contributed by atoms with E-state index in [1.54, 1.807) is 12.1 Å². The number of nitrogens with zero attached hydrogens (tertiary/aromatic N) is 1. The van der Waals surface area contributed by atoms with Gasteiger partial charge in [0.15, 0.2) is 0 Å². The molecule has 0 aromatic heterocycles. The lowest BCUT2D eigenvalue weighted by Crippen LogP contribution is -1.98. The summed E-state index contributed by atoms with van der Waals surface area (Å²) in [4.78, 5) is 10.4. The van der Waals surface area contributed by atoms with E-state index >= 15 is 0 Å². The molecule has 0 heterocycles. The van der Waals surface area contributed by atoms with Crippen molar-refractivity contribution in [1.29, 1.82) is 0 Å². The summed E-state index contributed by atoms with van der Waals surface area (Å²) in [5.41, 5.74) is 1.91. The maximum atomic E-state index is 10.9. The molecule has 0 bridgehead atoms. The molecule has 6 heteroatoms. The van der Waals surface area contributed by atoms with E-state index in [1.807, 2.05) is 25.1 Å². The van der Waals surface area contributed by atoms with Crippen LogP contribution in [-0.2, 0) is 6.61 Å². The zero-order valence-electron chi connectivity index (χ0n) is 10.6. The fraction of sp³-hybridized carbons (Fsp3) is 0.143. The summed E-state index contributed by atoms with van der Waals surface area (Å²) in [7, 11) is 0. The predicted molar refractivity (Wildman–Crippen MR) is 84.0 cm³/mol. The first kappa shape index (κ1) is 15.0. The maximum absolute atomic E-state index is 10.9. The Labute approximate surface area is 133 Å². The summed E-state index contributed by atoms with van der Waals surface area (Å²) in [6.07, 6.45) is 0. The van der Waals surface area contributed by atoms with Crippen molar-refractivity contribution in [3.05, 3.63) is 66.6 Å². The van der Waals surface area contributed by atoms with E-state index in [9.17, 15) is 10.1 Å². The third-order valence-electron chi connectivity index (χ3n) is 2.69. The van der Waals surface area contributed by atoms with Gasteiger partial charge in [0.25, 0.3) is 5.69 Å². The van der Waals surface area contributed by atoms with E-state index in [1.165, 1.54) is 6.07 Å². The van der Waals surface area contributed by atoms with Gasteiger partial charge in [-0.1, -0.05) is 12.1 Å². The summed E-state index contributed by atoms with van der Waals surface area (Å²) >= 11 is 6.59. The third-order valence-corrected chi connectivity index (χ3v) is 3.98. The van der Waals surface area contributed by atoms with Gasteiger partial charge in [0.1, 0.15) is 12.4 Å². The Morgan fingerprint density at radius 1 is 1.15 bits per heavy atom. The topological polar surface area (TPSA) is 52.4 Å². The SMILES string of the molecule is Cc1ccc(OCc2ccc(Br)c([N+](=O)[O-])c2)c(Br)c1. The Morgan fingerprint density at radius 2 is 1.90 bits per heavy atom. The summed E-state index contributed by atoms with van der Waals surface area (Å²) < 4.78 is 6.99. The number of nitro benzene ring substituents is 1. The van der Waals surface area contributed by atoms with Gasteiger partial charge in [0, 0.05) is 6.07 Å². The van der Waals surface area contributed by atoms with Crippen LogP contribution < -0.4 is 4.74 Å². The Morgan fingerprint density at radius 3 is 2.55 bits per heavy atom. The first-order valence-electron chi connectivity index (χ1n) is 5.79. The lowest BCUT2D eigenvalue weighted by molar-refractivity contribution is -0.385. The number of hydrogen-bond acceptors (Lipinski definition) is 3. The van der Waals surface area contributed by atoms with Crippen LogP contribution >= 0.6 is 31.9 Å². The van der Waals surface area contributed by atoms with E-state index in [4.69, 9.17) is 4.74 Å². The average Bonchev–Trinajstić information content (AvgIpc) is 2.39. The van der Waals surface area contributed by atoms with Crippen molar-refractivity contribution in [3.63, 3.8) is 0 Å². The van der Waals surface area contributed by atoms with E-state index < -0.39 is 4.92 Å². The highest BCUT2D eigenvalue weighted by Gasteiger charge is 2.12. The van der Waals surface area contributed by atoms with Crippen LogP contribution in [0.1, 0.15) is 11.1 Å². The smallest absolute Gasteiger partial charge is 0.283 e. The number of nitro groups is 1. The highest BCUT2D eigenvalue weighted by Crippen LogP contribution is 2.28. The lowest BCUT2D eigenvalue weighted by atomic mass is 10.2. The molecule has 2 rings (SSSR count). The quantitative estimate of drug-likeness (QED) is 0.535. The molecule has 0 radical (unpaired) electrons. The average molecular weight is 401 g/mol. The molecule has 0 spiro atoms. The molecule has 0 saturated carbocycles. The van der Waals surface area contributed by atoms with Gasteiger partial charge in [-0.05, 0) is 68.1 Å². The molecule has 0 amide bonds. The van der Waals surface area contributed by atoms with E-state index in [2.05, 4.69) is 31.9 Å². The molecule has 0 saturated heterocycles. The third kappa shape index (κ3) is 3.58. The normalized spacial score (nSPS) is 10.3. The van der Waals surface area contributed by atoms with Gasteiger partial charge in [0.05, 0.1) is 13.9 Å². The van der Waals surface area contributed by atoms with Crippen molar-refractivity contribution in [3.8, 4) is 5.75 Å². The molecule has 0 atom stereocenters. The Bertz CT molecular complexity index is 659. The van der Waals surface area contributed by atoms with Gasteiger partial charge in [-0.2, -0.15) is 0 Å². The first-order chi connectivity index (χ1) is 9.47. The predicted octanol–water partition coefficient (Wildman–Crippen LogP) is 5.01. The molecule has 0 aliphatic heterocycles. The van der Waals surface area contributed by atoms with E-state index in [0.717, 1.165) is 15.6 Å². The standard InChI is InChI=1S/C14H11Br2NO3/c1-9-2-5-14(12(16)6-9)20-8-10-3-4-11(15)13(7-10)17(18)19/h2-7H,8H2,1H3. The van der Waals surface area contributed by atoms with Crippen molar-refractivity contribution < 1.29 is 9.66 Å². The van der Waals surface area contributed by atoms with Crippen LogP contribution in [0, 0.1) is 17.0 Å². The van der Waals surface area contributed by atoms with E-state index in [-0.39, 0.29) is 12.3 Å². The van der Waals surface area contributed by atoms with Crippen molar-refractivity contribution >= 4 is 37.5 Å². The second kappa shape index (κ2) is 6.37. The molecule has 4 nitrogen and oxygen atoms in total. The van der Waals surface area contributed by atoms with Gasteiger partial charge in [-0.25, -0.2) is 0 Å². The first-order valence-corrected chi connectivity index (χ1v) is 7.38. The number of benzene rings is 2. The van der Waals surface area contributed by atoms with Gasteiger partial charge < -0.3 is 4.74 Å². The summed E-state index contributed by atoms with van der Waals surface area (Å²) in [6, 6.07) is 10.7. The number of rotatable bonds is 4. The lowest BCUT2D eigenvalue weighted by Gasteiger charge is -2.09. The number of halogens is 2. The Balaban J connectivity index is 2.15. The van der Waals surface area contributed by atoms with Crippen LogP contribution in [0.4, 0.5) is 5.69 Å². The van der Waals surface area contributed by atoms with Gasteiger partial charge in [-0.15, -0.1) is 0 Å². The molecule has 2 aromatic rings. The Hall–Kier alpha value is -1.40. The van der Waals surface area contributed by atoms with Crippen LogP contribution in [0.3, 0.4) is 0 Å². The second-order valence-electron chi connectivity index (χ2n) is 4.27. The number of ether oxygens (including phenoxy) is 1. The fourth-order valence-corrected chi connectivity index (χ4v) is 2.67. The molecule has 0 aliphatic carbocycles. The molecule has 0 fully saturated rings. The molecule has 2 aromatic carbocycles. The Kier molecular flexibility index (Phi) is 4.77. The van der Waals surface area contributed by atoms with Crippen LogP contribution in [0.15, 0.2) is 45.3 Å².